The third-order valence-corrected chi connectivity index (χ3v) is 6.07. The van der Waals surface area contributed by atoms with Gasteiger partial charge in [-0.15, -0.1) is 0 Å². The average Bonchev–Trinajstić information content (AvgIpc) is 3.31. The van der Waals surface area contributed by atoms with Gasteiger partial charge >= 0.3 is 12.0 Å². The van der Waals surface area contributed by atoms with Crippen LogP contribution in [0.15, 0.2) is 42.6 Å². The first-order chi connectivity index (χ1) is 17.7. The van der Waals surface area contributed by atoms with Crippen molar-refractivity contribution in [1.82, 2.24) is 19.7 Å². The second kappa shape index (κ2) is 14.9. The van der Waals surface area contributed by atoms with Crippen molar-refractivity contribution in [3.05, 3.63) is 53.9 Å². The lowest BCUT2D eigenvalue weighted by Gasteiger charge is -2.32. The maximum atomic E-state index is 13.5. The number of hydrogen-bond donors (Lipinski definition) is 1. The third kappa shape index (κ3) is 9.48. The number of urea groups is 1. The van der Waals surface area contributed by atoms with E-state index in [9.17, 15) is 14.4 Å². The Hall–Kier alpha value is -3.49. The minimum atomic E-state index is -0.510. The summed E-state index contributed by atoms with van der Waals surface area (Å²) in [6.45, 7) is 11.1. The van der Waals surface area contributed by atoms with Crippen LogP contribution >= 0.6 is 0 Å². The van der Waals surface area contributed by atoms with Crippen LogP contribution in [0.25, 0.3) is 0 Å². The van der Waals surface area contributed by atoms with Gasteiger partial charge in [0.25, 0.3) is 0 Å². The molecular weight excluding hydrogens is 472 g/mol. The number of carbonyl (C=O) groups is 3. The molecule has 0 aliphatic heterocycles. The molecule has 2 aromatic rings. The minimum absolute atomic E-state index is 0.0174. The average molecular weight is 515 g/mol. The molecule has 1 heterocycles. The molecule has 0 bridgehead atoms. The van der Waals surface area contributed by atoms with Gasteiger partial charge in [-0.1, -0.05) is 32.9 Å². The lowest BCUT2D eigenvalue weighted by atomic mass is 10.1. The molecule has 0 saturated heterocycles. The summed E-state index contributed by atoms with van der Waals surface area (Å²) in [5.41, 5.74) is 2.10. The molecule has 3 amide bonds. The van der Waals surface area contributed by atoms with Gasteiger partial charge in [-0.3, -0.25) is 9.59 Å². The number of esters is 1. The zero-order valence-corrected chi connectivity index (χ0v) is 23.0. The Morgan fingerprint density at radius 2 is 1.84 bits per heavy atom. The van der Waals surface area contributed by atoms with Gasteiger partial charge in [-0.2, -0.15) is 0 Å². The van der Waals surface area contributed by atoms with Crippen molar-refractivity contribution in [2.45, 2.75) is 60.2 Å². The second-order valence-corrected chi connectivity index (χ2v) is 9.50. The number of rotatable bonds is 14. The standard InChI is InChI=1S/C28H42N4O5/c1-7-22(5)32(19-24-12-10-14-30(24)18-23-11-9-13-25(15-23)36-6)26(33)20-31(17-21(3)4)28(35)29-16-27(34)37-8-2/h9-15,21-22H,7-8,16-20H2,1-6H3,(H,29,35). The van der Waals surface area contributed by atoms with E-state index in [-0.39, 0.29) is 37.6 Å². The summed E-state index contributed by atoms with van der Waals surface area (Å²) in [4.78, 5) is 41.4. The van der Waals surface area contributed by atoms with Gasteiger partial charge in [0, 0.05) is 31.0 Å². The predicted octanol–water partition coefficient (Wildman–Crippen LogP) is 3.90. The highest BCUT2D eigenvalue weighted by molar-refractivity contribution is 5.86. The molecule has 9 nitrogen and oxygen atoms in total. The third-order valence-electron chi connectivity index (χ3n) is 6.07. The van der Waals surface area contributed by atoms with Gasteiger partial charge < -0.3 is 29.2 Å². The van der Waals surface area contributed by atoms with Crippen LogP contribution in [0.1, 0.15) is 52.3 Å². The molecule has 9 heteroatoms. The lowest BCUT2D eigenvalue weighted by Crippen LogP contribution is -2.50. The monoisotopic (exact) mass is 514 g/mol. The molecule has 2 rings (SSSR count). The van der Waals surface area contributed by atoms with Crippen molar-refractivity contribution in [1.29, 1.82) is 0 Å². The van der Waals surface area contributed by atoms with E-state index in [0.717, 1.165) is 23.4 Å². The van der Waals surface area contributed by atoms with Crippen LogP contribution in [0.3, 0.4) is 0 Å². The molecule has 204 valence electrons. The van der Waals surface area contributed by atoms with Gasteiger partial charge in [0.15, 0.2) is 0 Å². The maximum absolute atomic E-state index is 13.5. The number of aromatic nitrogens is 1. The number of ether oxygens (including phenoxy) is 2. The van der Waals surface area contributed by atoms with Crippen molar-refractivity contribution in [3.63, 3.8) is 0 Å². The molecule has 1 atom stereocenters. The Labute approximate surface area is 220 Å². The fourth-order valence-corrected chi connectivity index (χ4v) is 3.99. The van der Waals surface area contributed by atoms with Crippen molar-refractivity contribution >= 4 is 17.9 Å². The highest BCUT2D eigenvalue weighted by Gasteiger charge is 2.26. The van der Waals surface area contributed by atoms with Crippen molar-refractivity contribution < 1.29 is 23.9 Å². The van der Waals surface area contributed by atoms with Crippen LogP contribution in [0, 0.1) is 5.92 Å². The Morgan fingerprint density at radius 1 is 1.08 bits per heavy atom. The van der Waals surface area contributed by atoms with Crippen molar-refractivity contribution in [2.75, 3.05) is 33.4 Å². The summed E-state index contributed by atoms with van der Waals surface area (Å²) < 4.78 is 12.4. The molecular formula is C28H42N4O5. The van der Waals surface area contributed by atoms with Crippen LogP contribution in [0.5, 0.6) is 5.75 Å². The number of benzene rings is 1. The molecule has 0 aliphatic carbocycles. The summed E-state index contributed by atoms with van der Waals surface area (Å²) >= 11 is 0. The summed E-state index contributed by atoms with van der Waals surface area (Å²) in [5, 5.41) is 2.58. The fourth-order valence-electron chi connectivity index (χ4n) is 3.99. The summed E-state index contributed by atoms with van der Waals surface area (Å²) in [7, 11) is 1.65. The number of carbonyl (C=O) groups excluding carboxylic acids is 3. The van der Waals surface area contributed by atoms with Gasteiger partial charge in [0.05, 0.1) is 20.3 Å². The van der Waals surface area contributed by atoms with E-state index in [4.69, 9.17) is 9.47 Å². The summed E-state index contributed by atoms with van der Waals surface area (Å²) in [6, 6.07) is 11.4. The number of hydrogen-bond acceptors (Lipinski definition) is 5. The highest BCUT2D eigenvalue weighted by atomic mass is 16.5. The first-order valence-electron chi connectivity index (χ1n) is 12.9. The fraction of sp³-hybridized carbons (Fsp3) is 0.536. The zero-order valence-electron chi connectivity index (χ0n) is 23.0. The van der Waals surface area contributed by atoms with Crippen LogP contribution in [-0.2, 0) is 27.4 Å². The van der Waals surface area contributed by atoms with Gasteiger partial charge in [0.1, 0.15) is 18.8 Å². The van der Waals surface area contributed by atoms with Gasteiger partial charge in [-0.05, 0) is 56.0 Å². The van der Waals surface area contributed by atoms with Crippen molar-refractivity contribution in [2.24, 2.45) is 5.92 Å². The Morgan fingerprint density at radius 3 is 2.49 bits per heavy atom. The smallest absolute Gasteiger partial charge is 0.325 e. The molecule has 1 unspecified atom stereocenters. The Balaban J connectivity index is 2.16. The maximum Gasteiger partial charge on any atom is 0.325 e. The quantitative estimate of drug-likeness (QED) is 0.386. The first-order valence-corrected chi connectivity index (χ1v) is 12.9. The molecule has 1 aromatic heterocycles. The molecule has 0 spiro atoms. The van der Waals surface area contributed by atoms with E-state index in [0.29, 0.717) is 19.6 Å². The number of amides is 3. The molecule has 0 saturated carbocycles. The Kier molecular flexibility index (Phi) is 12.0. The molecule has 1 aromatic carbocycles. The van der Waals surface area contributed by atoms with Crippen LogP contribution in [-0.4, -0.2) is 71.7 Å². The topological polar surface area (TPSA) is 93.1 Å². The van der Waals surface area contributed by atoms with Crippen LogP contribution in [0.4, 0.5) is 4.79 Å². The van der Waals surface area contributed by atoms with E-state index < -0.39 is 12.0 Å². The van der Waals surface area contributed by atoms with E-state index in [1.165, 1.54) is 4.90 Å². The second-order valence-electron chi connectivity index (χ2n) is 9.50. The lowest BCUT2D eigenvalue weighted by molar-refractivity contribution is -0.141. The van der Waals surface area contributed by atoms with E-state index in [1.54, 1.807) is 14.0 Å². The van der Waals surface area contributed by atoms with Gasteiger partial charge in [0.2, 0.25) is 5.91 Å². The predicted molar refractivity (Wildman–Crippen MR) is 143 cm³/mol. The zero-order chi connectivity index (χ0) is 27.4. The van der Waals surface area contributed by atoms with E-state index in [2.05, 4.69) is 9.88 Å². The molecule has 37 heavy (non-hydrogen) atoms. The first kappa shape index (κ1) is 29.7. The molecule has 0 aliphatic rings. The SMILES string of the molecule is CCOC(=O)CNC(=O)N(CC(=O)N(Cc1cccn1Cc1cccc(OC)c1)C(C)CC)CC(C)C. The molecule has 0 fully saturated rings. The number of nitrogens with one attached hydrogen (secondary N) is 1. The van der Waals surface area contributed by atoms with Gasteiger partial charge in [-0.25, -0.2) is 4.79 Å². The number of methoxy groups -OCH3 is 1. The normalized spacial score (nSPS) is 11.6. The Bertz CT molecular complexity index is 1020. The van der Waals surface area contributed by atoms with E-state index in [1.807, 2.05) is 75.2 Å². The highest BCUT2D eigenvalue weighted by Crippen LogP contribution is 2.17. The molecule has 0 radical (unpaired) electrons. The number of nitrogens with zero attached hydrogens (tertiary/aromatic N) is 3. The summed E-state index contributed by atoms with van der Waals surface area (Å²) in [5.74, 6) is 0.299. The van der Waals surface area contributed by atoms with Crippen LogP contribution < -0.4 is 10.1 Å². The van der Waals surface area contributed by atoms with Crippen LogP contribution in [0.2, 0.25) is 0 Å². The van der Waals surface area contributed by atoms with Crippen molar-refractivity contribution in [3.8, 4) is 5.75 Å². The molecule has 1 N–H and O–H groups in total. The summed E-state index contributed by atoms with van der Waals surface area (Å²) in [6.07, 6.45) is 2.78. The van der Waals surface area contributed by atoms with E-state index >= 15 is 0 Å². The largest absolute Gasteiger partial charge is 0.497 e. The minimum Gasteiger partial charge on any atom is -0.497 e.